The Morgan fingerprint density at radius 1 is 1.00 bits per heavy atom. The summed E-state index contributed by atoms with van der Waals surface area (Å²) in [6.07, 6.45) is 4.50. The molecular weight excluding hydrogens is 350 g/mol. The molecule has 2 aromatic rings. The van der Waals surface area contributed by atoms with E-state index in [9.17, 15) is 5.11 Å². The predicted molar refractivity (Wildman–Crippen MR) is 114 cm³/mol. The second kappa shape index (κ2) is 9.40. The van der Waals surface area contributed by atoms with Gasteiger partial charge in [-0.1, -0.05) is 18.2 Å². The average Bonchev–Trinajstić information content (AvgIpc) is 3.31. The molecule has 3 heterocycles. The highest BCUT2D eigenvalue weighted by molar-refractivity contribution is 5.85. The van der Waals surface area contributed by atoms with Crippen LogP contribution < -0.4 is 0 Å². The van der Waals surface area contributed by atoms with Gasteiger partial charge in [-0.05, 0) is 63.9 Å². The summed E-state index contributed by atoms with van der Waals surface area (Å²) in [5.41, 5.74) is 4.04. The summed E-state index contributed by atoms with van der Waals surface area (Å²) in [4.78, 5) is 4.91. The molecule has 1 aromatic heterocycles. The SMILES string of the molecule is Cc1c(CCCN2CCOCC2)c2ccccc2n1CC(O)CN1CCCC1. The fourth-order valence-corrected chi connectivity index (χ4v) is 4.89. The van der Waals surface area contributed by atoms with Crippen molar-refractivity contribution in [2.45, 2.75) is 45.3 Å². The molecule has 1 aromatic carbocycles. The Balaban J connectivity index is 1.45. The summed E-state index contributed by atoms with van der Waals surface area (Å²) in [5.74, 6) is 0. The Hall–Kier alpha value is -1.40. The van der Waals surface area contributed by atoms with Crippen molar-refractivity contribution in [3.05, 3.63) is 35.5 Å². The van der Waals surface area contributed by atoms with Crippen molar-refractivity contribution >= 4 is 10.9 Å². The predicted octanol–water partition coefficient (Wildman–Crippen LogP) is 2.67. The maximum absolute atomic E-state index is 10.7. The first kappa shape index (κ1) is 19.9. The van der Waals surface area contributed by atoms with Crippen LogP contribution in [0.15, 0.2) is 24.3 Å². The van der Waals surface area contributed by atoms with Crippen LogP contribution in [0.4, 0.5) is 0 Å². The number of ether oxygens (including phenoxy) is 1. The molecule has 2 fully saturated rings. The number of hydrogen-bond acceptors (Lipinski definition) is 4. The Bertz CT molecular complexity index is 761. The summed E-state index contributed by atoms with van der Waals surface area (Å²) in [6, 6.07) is 8.70. The van der Waals surface area contributed by atoms with Gasteiger partial charge in [0.1, 0.15) is 0 Å². The standard InChI is InChI=1S/C23H35N3O2/c1-19-21(8-6-12-24-13-15-28-16-14-24)22-7-2-3-9-23(22)26(19)18-20(27)17-25-10-4-5-11-25/h2-3,7,9,20,27H,4-6,8,10-18H2,1H3. The molecule has 0 radical (unpaired) electrons. The third kappa shape index (κ3) is 4.60. The maximum Gasteiger partial charge on any atom is 0.0845 e. The third-order valence-corrected chi connectivity index (χ3v) is 6.43. The molecule has 2 aliphatic heterocycles. The minimum atomic E-state index is -0.311. The fraction of sp³-hybridized carbons (Fsp3) is 0.652. The van der Waals surface area contributed by atoms with Crippen LogP contribution >= 0.6 is 0 Å². The van der Waals surface area contributed by atoms with E-state index in [1.54, 1.807) is 0 Å². The van der Waals surface area contributed by atoms with Gasteiger partial charge in [-0.25, -0.2) is 0 Å². The molecule has 0 saturated carbocycles. The second-order valence-corrected chi connectivity index (χ2v) is 8.41. The third-order valence-electron chi connectivity index (χ3n) is 6.43. The van der Waals surface area contributed by atoms with Gasteiger partial charge in [-0.3, -0.25) is 4.90 Å². The van der Waals surface area contributed by atoms with Gasteiger partial charge in [0.25, 0.3) is 0 Å². The van der Waals surface area contributed by atoms with E-state index in [0.717, 1.165) is 58.9 Å². The van der Waals surface area contributed by atoms with E-state index >= 15 is 0 Å². The number of benzene rings is 1. The quantitative estimate of drug-likeness (QED) is 0.759. The average molecular weight is 386 g/mol. The van der Waals surface area contributed by atoms with Crippen LogP contribution in [0.25, 0.3) is 10.9 Å². The number of nitrogens with zero attached hydrogens (tertiary/aromatic N) is 3. The molecule has 0 amide bonds. The van der Waals surface area contributed by atoms with Crippen molar-refractivity contribution in [1.29, 1.82) is 0 Å². The number of aliphatic hydroxyl groups excluding tert-OH is 1. The smallest absolute Gasteiger partial charge is 0.0845 e. The lowest BCUT2D eigenvalue weighted by Crippen LogP contribution is -2.36. The Morgan fingerprint density at radius 3 is 2.54 bits per heavy atom. The van der Waals surface area contributed by atoms with Gasteiger partial charge >= 0.3 is 0 Å². The van der Waals surface area contributed by atoms with E-state index < -0.39 is 0 Å². The molecule has 0 bridgehead atoms. The molecule has 2 saturated heterocycles. The lowest BCUT2D eigenvalue weighted by molar-refractivity contribution is 0.0375. The van der Waals surface area contributed by atoms with E-state index in [0.29, 0.717) is 6.54 Å². The van der Waals surface area contributed by atoms with Crippen LogP contribution in [0.5, 0.6) is 0 Å². The molecule has 1 unspecified atom stereocenters. The number of aliphatic hydroxyl groups is 1. The zero-order valence-corrected chi connectivity index (χ0v) is 17.3. The molecule has 28 heavy (non-hydrogen) atoms. The summed E-state index contributed by atoms with van der Waals surface area (Å²) in [5, 5.41) is 12.1. The number of rotatable bonds is 8. The first-order chi connectivity index (χ1) is 13.7. The van der Waals surface area contributed by atoms with E-state index in [1.165, 1.54) is 41.4 Å². The maximum atomic E-state index is 10.7. The highest BCUT2D eigenvalue weighted by Crippen LogP contribution is 2.27. The van der Waals surface area contributed by atoms with Gasteiger partial charge in [0.2, 0.25) is 0 Å². The second-order valence-electron chi connectivity index (χ2n) is 8.41. The normalized spacial score (nSPS) is 20.2. The lowest BCUT2D eigenvalue weighted by atomic mass is 10.1. The zero-order chi connectivity index (χ0) is 19.3. The summed E-state index contributed by atoms with van der Waals surface area (Å²) in [6.45, 7) is 11.0. The van der Waals surface area contributed by atoms with Crippen molar-refractivity contribution in [3.8, 4) is 0 Å². The number of morpholine rings is 1. The van der Waals surface area contributed by atoms with Gasteiger partial charge in [0.15, 0.2) is 0 Å². The molecule has 2 aliphatic rings. The molecule has 1 N–H and O–H groups in total. The van der Waals surface area contributed by atoms with Crippen LogP contribution in [0.2, 0.25) is 0 Å². The highest BCUT2D eigenvalue weighted by atomic mass is 16.5. The van der Waals surface area contributed by atoms with Gasteiger partial charge in [0, 0.05) is 36.2 Å². The molecule has 5 heteroatoms. The summed E-state index contributed by atoms with van der Waals surface area (Å²) in [7, 11) is 0. The fourth-order valence-electron chi connectivity index (χ4n) is 4.89. The van der Waals surface area contributed by atoms with E-state index in [4.69, 9.17) is 4.74 Å². The van der Waals surface area contributed by atoms with Crippen LogP contribution in [-0.2, 0) is 17.7 Å². The lowest BCUT2D eigenvalue weighted by Gasteiger charge is -2.26. The van der Waals surface area contributed by atoms with Crippen molar-refractivity contribution in [3.63, 3.8) is 0 Å². The largest absolute Gasteiger partial charge is 0.390 e. The monoisotopic (exact) mass is 385 g/mol. The Kier molecular flexibility index (Phi) is 6.68. The number of hydrogen-bond donors (Lipinski definition) is 1. The highest BCUT2D eigenvalue weighted by Gasteiger charge is 2.20. The van der Waals surface area contributed by atoms with Crippen molar-refractivity contribution < 1.29 is 9.84 Å². The molecule has 5 nitrogen and oxygen atoms in total. The minimum Gasteiger partial charge on any atom is -0.390 e. The molecule has 4 rings (SSSR count). The number of aryl methyl sites for hydroxylation is 1. The first-order valence-corrected chi connectivity index (χ1v) is 11.0. The molecule has 154 valence electrons. The van der Waals surface area contributed by atoms with Crippen molar-refractivity contribution in [2.24, 2.45) is 0 Å². The summed E-state index contributed by atoms with van der Waals surface area (Å²) >= 11 is 0. The zero-order valence-electron chi connectivity index (χ0n) is 17.3. The van der Waals surface area contributed by atoms with Crippen LogP contribution in [-0.4, -0.2) is 78.1 Å². The summed E-state index contributed by atoms with van der Waals surface area (Å²) < 4.78 is 7.80. The minimum absolute atomic E-state index is 0.311. The van der Waals surface area contributed by atoms with Gasteiger partial charge in [-0.2, -0.15) is 0 Å². The van der Waals surface area contributed by atoms with Gasteiger partial charge in [-0.15, -0.1) is 0 Å². The molecule has 0 aliphatic carbocycles. The number of para-hydroxylation sites is 1. The van der Waals surface area contributed by atoms with Crippen LogP contribution in [0.3, 0.4) is 0 Å². The number of fused-ring (bicyclic) bond motifs is 1. The van der Waals surface area contributed by atoms with E-state index in [1.807, 2.05) is 0 Å². The number of likely N-dealkylation sites (tertiary alicyclic amines) is 1. The van der Waals surface area contributed by atoms with Gasteiger partial charge in [0.05, 0.1) is 25.9 Å². The number of aromatic nitrogens is 1. The molecule has 0 spiro atoms. The molecule has 1 atom stereocenters. The van der Waals surface area contributed by atoms with Crippen LogP contribution in [0, 0.1) is 6.92 Å². The van der Waals surface area contributed by atoms with Crippen molar-refractivity contribution in [2.75, 3.05) is 52.5 Å². The number of β-amino-alcohol motifs (C(OH)–C–C–N with tert-alkyl or cyclic N) is 1. The Labute approximate surface area is 168 Å². The van der Waals surface area contributed by atoms with E-state index in [-0.39, 0.29) is 6.10 Å². The Morgan fingerprint density at radius 2 is 1.75 bits per heavy atom. The first-order valence-electron chi connectivity index (χ1n) is 11.0. The van der Waals surface area contributed by atoms with Crippen molar-refractivity contribution in [1.82, 2.24) is 14.4 Å². The molecular formula is C23H35N3O2. The van der Waals surface area contributed by atoms with E-state index in [2.05, 4.69) is 45.6 Å². The van der Waals surface area contributed by atoms with Gasteiger partial charge < -0.3 is 19.3 Å². The van der Waals surface area contributed by atoms with Crippen LogP contribution in [0.1, 0.15) is 30.5 Å². The topological polar surface area (TPSA) is 40.9 Å².